The van der Waals surface area contributed by atoms with E-state index in [4.69, 9.17) is 0 Å². The van der Waals surface area contributed by atoms with Gasteiger partial charge in [0, 0.05) is 11.7 Å². The smallest absolute Gasteiger partial charge is 0.0342 e. The van der Waals surface area contributed by atoms with Crippen LogP contribution in [0.5, 0.6) is 0 Å². The van der Waals surface area contributed by atoms with Crippen LogP contribution in [0.4, 0.5) is 5.69 Å². The minimum atomic E-state index is 0.246. The van der Waals surface area contributed by atoms with Crippen LogP contribution in [0.25, 0.3) is 0 Å². The summed E-state index contributed by atoms with van der Waals surface area (Å²) in [5, 5.41) is 3.62. The number of hydrogen-bond donors (Lipinski definition) is 1. The monoisotopic (exact) mass is 245 g/mol. The molecule has 1 aliphatic rings. The molecule has 1 nitrogen and oxygen atoms in total. The van der Waals surface area contributed by atoms with Gasteiger partial charge in [0.2, 0.25) is 0 Å². The summed E-state index contributed by atoms with van der Waals surface area (Å²) in [7, 11) is 0. The van der Waals surface area contributed by atoms with Crippen LogP contribution < -0.4 is 5.32 Å². The van der Waals surface area contributed by atoms with Crippen LogP contribution in [0.3, 0.4) is 0 Å². The van der Waals surface area contributed by atoms with E-state index in [9.17, 15) is 0 Å². The Labute approximate surface area is 112 Å². The lowest BCUT2D eigenvalue weighted by Gasteiger charge is -2.29. The lowest BCUT2D eigenvalue weighted by molar-refractivity contribution is 0.286. The average Bonchev–Trinajstić information content (AvgIpc) is 2.23. The highest BCUT2D eigenvalue weighted by atomic mass is 14.9. The maximum absolute atomic E-state index is 3.62. The molecule has 1 aromatic rings. The van der Waals surface area contributed by atoms with Crippen molar-refractivity contribution in [2.24, 2.45) is 5.92 Å². The molecule has 1 atom stereocenters. The molecular formula is C17H27N. The normalized spacial score (nSPS) is 18.2. The van der Waals surface area contributed by atoms with Crippen molar-refractivity contribution >= 4 is 5.69 Å². The molecule has 0 aromatic heterocycles. The second kappa shape index (κ2) is 5.34. The van der Waals surface area contributed by atoms with Gasteiger partial charge in [0.05, 0.1) is 0 Å². The number of hydrogen-bond acceptors (Lipinski definition) is 1. The molecule has 100 valence electrons. The van der Waals surface area contributed by atoms with Crippen molar-refractivity contribution in [1.82, 2.24) is 0 Å². The van der Waals surface area contributed by atoms with Crippen molar-refractivity contribution in [2.45, 2.75) is 64.8 Å². The van der Waals surface area contributed by atoms with E-state index in [1.165, 1.54) is 36.9 Å². The fourth-order valence-corrected chi connectivity index (χ4v) is 2.64. The first kappa shape index (κ1) is 13.5. The van der Waals surface area contributed by atoms with Crippen molar-refractivity contribution in [1.29, 1.82) is 0 Å². The van der Waals surface area contributed by atoms with Gasteiger partial charge in [0.1, 0.15) is 0 Å². The summed E-state index contributed by atoms with van der Waals surface area (Å²) >= 11 is 0. The highest BCUT2D eigenvalue weighted by molar-refractivity contribution is 5.46. The van der Waals surface area contributed by atoms with Crippen molar-refractivity contribution in [3.8, 4) is 0 Å². The number of nitrogens with one attached hydrogen (secondary N) is 1. The molecule has 0 bridgehead atoms. The SMILES string of the molecule is CC(CC1CCC1)Nc1ccc(C(C)(C)C)cc1. The zero-order chi connectivity index (χ0) is 13.2. The lowest BCUT2D eigenvalue weighted by Crippen LogP contribution is -2.23. The first-order valence-corrected chi connectivity index (χ1v) is 7.32. The fourth-order valence-electron chi connectivity index (χ4n) is 2.64. The molecule has 0 amide bonds. The van der Waals surface area contributed by atoms with Crippen LogP contribution in [-0.4, -0.2) is 6.04 Å². The Morgan fingerprint density at radius 3 is 2.22 bits per heavy atom. The lowest BCUT2D eigenvalue weighted by atomic mass is 9.81. The molecule has 1 aliphatic carbocycles. The van der Waals surface area contributed by atoms with E-state index in [0.717, 1.165) is 5.92 Å². The molecule has 1 aromatic carbocycles. The molecule has 18 heavy (non-hydrogen) atoms. The quantitative estimate of drug-likeness (QED) is 0.789. The van der Waals surface area contributed by atoms with Gasteiger partial charge in [-0.15, -0.1) is 0 Å². The fraction of sp³-hybridized carbons (Fsp3) is 0.647. The Morgan fingerprint density at radius 1 is 1.17 bits per heavy atom. The standard InChI is InChI=1S/C17H27N/c1-13(12-14-6-5-7-14)18-16-10-8-15(9-11-16)17(2,3)4/h8-11,13-14,18H,5-7,12H2,1-4H3. The van der Waals surface area contributed by atoms with E-state index in [1.807, 2.05) is 0 Å². The van der Waals surface area contributed by atoms with E-state index in [0.29, 0.717) is 6.04 Å². The first-order valence-electron chi connectivity index (χ1n) is 7.32. The summed E-state index contributed by atoms with van der Waals surface area (Å²) in [6.45, 7) is 9.08. The van der Waals surface area contributed by atoms with Gasteiger partial charge in [-0.1, -0.05) is 52.2 Å². The maximum atomic E-state index is 3.62. The van der Waals surface area contributed by atoms with E-state index in [2.05, 4.69) is 57.3 Å². The van der Waals surface area contributed by atoms with Gasteiger partial charge in [-0.05, 0) is 42.4 Å². The van der Waals surface area contributed by atoms with Crippen LogP contribution in [-0.2, 0) is 5.41 Å². The largest absolute Gasteiger partial charge is 0.383 e. The minimum Gasteiger partial charge on any atom is -0.383 e. The third-order valence-electron chi connectivity index (χ3n) is 4.08. The summed E-state index contributed by atoms with van der Waals surface area (Å²) in [5.41, 5.74) is 2.91. The van der Waals surface area contributed by atoms with Gasteiger partial charge in [-0.2, -0.15) is 0 Å². The molecule has 1 saturated carbocycles. The van der Waals surface area contributed by atoms with Gasteiger partial charge in [0.25, 0.3) is 0 Å². The molecule has 0 saturated heterocycles. The van der Waals surface area contributed by atoms with Crippen molar-refractivity contribution in [3.63, 3.8) is 0 Å². The molecule has 1 unspecified atom stereocenters. The summed E-state index contributed by atoms with van der Waals surface area (Å²) < 4.78 is 0. The molecule has 0 aliphatic heterocycles. The predicted octanol–water partition coefficient (Wildman–Crippen LogP) is 4.97. The molecule has 1 heteroatoms. The van der Waals surface area contributed by atoms with Gasteiger partial charge in [0.15, 0.2) is 0 Å². The van der Waals surface area contributed by atoms with Crippen molar-refractivity contribution < 1.29 is 0 Å². The molecule has 2 rings (SSSR count). The third kappa shape index (κ3) is 3.51. The van der Waals surface area contributed by atoms with Gasteiger partial charge < -0.3 is 5.32 Å². The summed E-state index contributed by atoms with van der Waals surface area (Å²) in [6.07, 6.45) is 5.64. The van der Waals surface area contributed by atoms with Crippen LogP contribution in [0.1, 0.15) is 58.9 Å². The summed E-state index contributed by atoms with van der Waals surface area (Å²) in [6, 6.07) is 9.53. The molecule has 0 heterocycles. The highest BCUT2D eigenvalue weighted by Gasteiger charge is 2.20. The van der Waals surface area contributed by atoms with Gasteiger partial charge in [-0.25, -0.2) is 0 Å². The number of anilines is 1. The van der Waals surface area contributed by atoms with Crippen LogP contribution >= 0.6 is 0 Å². The number of rotatable bonds is 4. The topological polar surface area (TPSA) is 12.0 Å². The molecule has 1 fully saturated rings. The Kier molecular flexibility index (Phi) is 3.99. The molecular weight excluding hydrogens is 218 g/mol. The number of benzene rings is 1. The minimum absolute atomic E-state index is 0.246. The zero-order valence-electron chi connectivity index (χ0n) is 12.3. The van der Waals surface area contributed by atoms with Gasteiger partial charge in [-0.3, -0.25) is 0 Å². The molecule has 0 radical (unpaired) electrons. The van der Waals surface area contributed by atoms with Gasteiger partial charge >= 0.3 is 0 Å². The Morgan fingerprint density at radius 2 is 1.78 bits per heavy atom. The first-order chi connectivity index (χ1) is 8.45. The zero-order valence-corrected chi connectivity index (χ0v) is 12.3. The highest BCUT2D eigenvalue weighted by Crippen LogP contribution is 2.31. The van der Waals surface area contributed by atoms with Crippen molar-refractivity contribution in [3.05, 3.63) is 29.8 Å². The van der Waals surface area contributed by atoms with E-state index >= 15 is 0 Å². The summed E-state index contributed by atoms with van der Waals surface area (Å²) in [5.74, 6) is 0.973. The van der Waals surface area contributed by atoms with Crippen LogP contribution in [0.15, 0.2) is 24.3 Å². The third-order valence-corrected chi connectivity index (χ3v) is 4.08. The maximum Gasteiger partial charge on any atom is 0.0342 e. The van der Waals surface area contributed by atoms with E-state index in [-0.39, 0.29) is 5.41 Å². The van der Waals surface area contributed by atoms with Crippen LogP contribution in [0, 0.1) is 5.92 Å². The Hall–Kier alpha value is -0.980. The second-order valence-electron chi connectivity index (χ2n) is 6.91. The van der Waals surface area contributed by atoms with Crippen molar-refractivity contribution in [2.75, 3.05) is 5.32 Å². The van der Waals surface area contributed by atoms with E-state index in [1.54, 1.807) is 0 Å². The van der Waals surface area contributed by atoms with Crippen LogP contribution in [0.2, 0.25) is 0 Å². The average molecular weight is 245 g/mol. The Balaban J connectivity index is 1.89. The Bertz CT molecular complexity index is 368. The molecule has 0 spiro atoms. The summed E-state index contributed by atoms with van der Waals surface area (Å²) in [4.78, 5) is 0. The predicted molar refractivity (Wildman–Crippen MR) is 80.2 cm³/mol. The van der Waals surface area contributed by atoms with E-state index < -0.39 is 0 Å². The second-order valence-corrected chi connectivity index (χ2v) is 6.91. The molecule has 1 N–H and O–H groups in total.